The van der Waals surface area contributed by atoms with Crippen LogP contribution in [-0.2, 0) is 0 Å². The molecule has 1 atom stereocenters. The van der Waals surface area contributed by atoms with Crippen LogP contribution >= 0.6 is 11.6 Å². The summed E-state index contributed by atoms with van der Waals surface area (Å²) in [7, 11) is 3.15. The first-order valence-corrected chi connectivity index (χ1v) is 8.82. The Balaban J connectivity index is 2.17. The molecule has 0 bridgehead atoms. The van der Waals surface area contributed by atoms with Gasteiger partial charge in [0.1, 0.15) is 17.2 Å². The van der Waals surface area contributed by atoms with E-state index < -0.39 is 17.6 Å². The lowest BCUT2D eigenvalue weighted by Gasteiger charge is -2.39. The summed E-state index contributed by atoms with van der Waals surface area (Å²) in [5, 5.41) is 12.4. The highest BCUT2D eigenvalue weighted by Crippen LogP contribution is 2.48. The minimum atomic E-state index is -1.08. The Hall–Kier alpha value is -2.60. The molecule has 6 nitrogen and oxygen atoms in total. The molecule has 0 fully saturated rings. The van der Waals surface area contributed by atoms with Crippen molar-refractivity contribution in [2.75, 3.05) is 20.8 Å². The number of methoxy groups -OCH3 is 2. The lowest BCUT2D eigenvalue weighted by Crippen LogP contribution is -2.43. The number of hydrogen-bond donors (Lipinski definition) is 2. The van der Waals surface area contributed by atoms with Crippen LogP contribution in [0.25, 0.3) is 11.1 Å². The zero-order chi connectivity index (χ0) is 19.8. The van der Waals surface area contributed by atoms with Crippen molar-refractivity contribution < 1.29 is 24.1 Å². The Kier molecular flexibility index (Phi) is 5.11. The van der Waals surface area contributed by atoms with E-state index in [9.17, 15) is 9.90 Å². The van der Waals surface area contributed by atoms with Crippen LogP contribution in [0.2, 0.25) is 5.02 Å². The summed E-state index contributed by atoms with van der Waals surface area (Å²) >= 11 is 6.40. The van der Waals surface area contributed by atoms with E-state index in [2.05, 4.69) is 5.32 Å². The summed E-state index contributed by atoms with van der Waals surface area (Å²) in [4.78, 5) is 11.3. The van der Waals surface area contributed by atoms with Crippen LogP contribution in [0.15, 0.2) is 30.3 Å². The third-order valence-corrected chi connectivity index (χ3v) is 5.09. The van der Waals surface area contributed by atoms with Crippen LogP contribution in [0.1, 0.15) is 25.5 Å². The van der Waals surface area contributed by atoms with Crippen molar-refractivity contribution in [3.63, 3.8) is 0 Å². The molecule has 3 rings (SSSR count). The van der Waals surface area contributed by atoms with E-state index in [0.29, 0.717) is 28.9 Å². The maximum atomic E-state index is 11.3. The Morgan fingerprint density at radius 3 is 2.59 bits per heavy atom. The highest BCUT2D eigenvalue weighted by Gasteiger charge is 2.39. The molecule has 1 heterocycles. The molecule has 1 amide bonds. The number of ether oxygens (including phenoxy) is 3. The van der Waals surface area contributed by atoms with E-state index in [1.807, 2.05) is 32.0 Å². The van der Waals surface area contributed by atoms with E-state index in [1.54, 1.807) is 26.4 Å². The molecule has 0 saturated carbocycles. The van der Waals surface area contributed by atoms with Crippen LogP contribution in [0.4, 0.5) is 4.79 Å². The maximum absolute atomic E-state index is 11.3. The van der Waals surface area contributed by atoms with Gasteiger partial charge in [0.15, 0.2) is 0 Å². The third-order valence-electron chi connectivity index (χ3n) is 4.76. The number of carbonyl (C=O) groups is 1. The second-order valence-electron chi connectivity index (χ2n) is 7.10. The van der Waals surface area contributed by atoms with E-state index in [-0.39, 0.29) is 0 Å². The Labute approximate surface area is 163 Å². The van der Waals surface area contributed by atoms with Gasteiger partial charge in [0.2, 0.25) is 0 Å². The monoisotopic (exact) mass is 391 g/mol. The van der Waals surface area contributed by atoms with Crippen LogP contribution in [0.3, 0.4) is 0 Å². The Morgan fingerprint density at radius 2 is 1.96 bits per heavy atom. The molecule has 1 unspecified atom stereocenters. The first-order chi connectivity index (χ1) is 12.8. The van der Waals surface area contributed by atoms with Crippen molar-refractivity contribution in [3.8, 4) is 28.4 Å². The molecule has 0 saturated heterocycles. The number of hydrogen-bond acceptors (Lipinski definition) is 4. The number of rotatable bonds is 4. The van der Waals surface area contributed by atoms with Crippen LogP contribution in [-0.4, -0.2) is 32.0 Å². The van der Waals surface area contributed by atoms with Crippen molar-refractivity contribution in [3.05, 3.63) is 40.9 Å². The maximum Gasteiger partial charge on any atom is 0.405 e. The van der Waals surface area contributed by atoms with Crippen molar-refractivity contribution in [1.29, 1.82) is 0 Å². The van der Waals surface area contributed by atoms with Gasteiger partial charge in [0.05, 0.1) is 26.9 Å². The largest absolute Gasteiger partial charge is 0.497 e. The molecule has 0 radical (unpaired) electrons. The minimum absolute atomic E-state index is 0.378. The molecule has 2 aromatic carbocycles. The molecule has 1 aliphatic heterocycles. The number of nitrogens with one attached hydrogen (secondary N) is 1. The topological polar surface area (TPSA) is 77.0 Å². The fourth-order valence-electron chi connectivity index (χ4n) is 3.31. The number of amides is 1. The second kappa shape index (κ2) is 7.19. The predicted molar refractivity (Wildman–Crippen MR) is 103 cm³/mol. The average Bonchev–Trinajstić information content (AvgIpc) is 2.63. The van der Waals surface area contributed by atoms with Crippen molar-refractivity contribution in [2.45, 2.75) is 19.9 Å². The van der Waals surface area contributed by atoms with Crippen molar-refractivity contribution >= 4 is 17.7 Å². The summed E-state index contributed by atoms with van der Waals surface area (Å²) in [5.74, 6) is 1.84. The van der Waals surface area contributed by atoms with Gasteiger partial charge < -0.3 is 24.6 Å². The van der Waals surface area contributed by atoms with Crippen molar-refractivity contribution in [1.82, 2.24) is 5.32 Å². The fourth-order valence-corrected chi connectivity index (χ4v) is 3.53. The van der Waals surface area contributed by atoms with Gasteiger partial charge in [-0.05, 0) is 30.3 Å². The van der Waals surface area contributed by atoms with E-state index in [4.69, 9.17) is 25.8 Å². The number of halogens is 1. The number of benzene rings is 2. The van der Waals surface area contributed by atoms with Gasteiger partial charge in [-0.2, -0.15) is 0 Å². The fraction of sp³-hybridized carbons (Fsp3) is 0.350. The van der Waals surface area contributed by atoms with Crippen LogP contribution in [0, 0.1) is 5.41 Å². The quantitative estimate of drug-likeness (QED) is 0.786. The Morgan fingerprint density at radius 1 is 1.22 bits per heavy atom. The molecule has 1 aliphatic rings. The molecule has 0 aliphatic carbocycles. The first-order valence-electron chi connectivity index (χ1n) is 8.45. The normalized spacial score (nSPS) is 17.4. The summed E-state index contributed by atoms with van der Waals surface area (Å²) in [6, 6.07) is 8.58. The molecular weight excluding hydrogens is 370 g/mol. The highest BCUT2D eigenvalue weighted by atomic mass is 35.5. The molecule has 27 heavy (non-hydrogen) atoms. The molecule has 2 aromatic rings. The van der Waals surface area contributed by atoms with Crippen molar-refractivity contribution in [2.24, 2.45) is 5.41 Å². The predicted octanol–water partition coefficient (Wildman–Crippen LogP) is 4.75. The van der Waals surface area contributed by atoms with Gasteiger partial charge >= 0.3 is 6.09 Å². The van der Waals surface area contributed by atoms with Gasteiger partial charge in [-0.15, -0.1) is 0 Å². The molecule has 2 N–H and O–H groups in total. The SMILES string of the molecule is COc1ccc(Cl)c(-c2cc3c(cc2OC)C(NC(=O)O)C(C)(C)CO3)c1. The summed E-state index contributed by atoms with van der Waals surface area (Å²) in [6.45, 7) is 4.29. The smallest absolute Gasteiger partial charge is 0.405 e. The zero-order valence-corrected chi connectivity index (χ0v) is 16.4. The van der Waals surface area contributed by atoms with Gasteiger partial charge in [-0.1, -0.05) is 25.4 Å². The lowest BCUT2D eigenvalue weighted by atomic mass is 9.78. The standard InChI is InChI=1S/C20H22ClNO5/c1-20(2)10-27-17-8-13(12-7-11(25-3)5-6-15(12)21)16(26-4)9-14(17)18(20)22-19(23)24/h5-9,18,22H,10H2,1-4H3,(H,23,24). The molecule has 0 spiro atoms. The van der Waals surface area contributed by atoms with E-state index in [1.165, 1.54) is 0 Å². The number of fused-ring (bicyclic) bond motifs is 1. The van der Waals surface area contributed by atoms with Gasteiger partial charge in [0.25, 0.3) is 0 Å². The van der Waals surface area contributed by atoms with Crippen LogP contribution < -0.4 is 19.5 Å². The molecule has 7 heteroatoms. The summed E-state index contributed by atoms with van der Waals surface area (Å²) in [5.41, 5.74) is 1.81. The zero-order valence-electron chi connectivity index (χ0n) is 15.6. The van der Waals surface area contributed by atoms with Crippen LogP contribution in [0.5, 0.6) is 17.2 Å². The Bertz CT molecular complexity index is 881. The van der Waals surface area contributed by atoms with Gasteiger partial charge in [-0.3, -0.25) is 0 Å². The summed E-state index contributed by atoms with van der Waals surface area (Å²) in [6.07, 6.45) is -1.08. The molecule has 0 aromatic heterocycles. The number of carboxylic acid groups (broad SMARTS) is 1. The second-order valence-corrected chi connectivity index (χ2v) is 7.50. The summed E-state index contributed by atoms with van der Waals surface area (Å²) < 4.78 is 16.8. The van der Waals surface area contributed by atoms with E-state index >= 15 is 0 Å². The molecular formula is C20H22ClNO5. The average molecular weight is 392 g/mol. The van der Waals surface area contributed by atoms with E-state index in [0.717, 1.165) is 16.7 Å². The molecule has 144 valence electrons. The first kappa shape index (κ1) is 19.2. The minimum Gasteiger partial charge on any atom is -0.497 e. The third kappa shape index (κ3) is 3.62. The lowest BCUT2D eigenvalue weighted by molar-refractivity contribution is 0.0993. The highest BCUT2D eigenvalue weighted by molar-refractivity contribution is 6.33. The van der Waals surface area contributed by atoms with Gasteiger partial charge in [0, 0.05) is 27.1 Å². The van der Waals surface area contributed by atoms with Gasteiger partial charge in [-0.25, -0.2) is 4.79 Å².